The van der Waals surface area contributed by atoms with Gasteiger partial charge in [-0.05, 0) is 64.4 Å². The summed E-state index contributed by atoms with van der Waals surface area (Å²) in [6.07, 6.45) is 0. The molecule has 0 bridgehead atoms. The lowest BCUT2D eigenvalue weighted by Gasteiger charge is -2.33. The minimum Gasteiger partial charge on any atom is -0.309 e. The number of fused-ring (bicyclic) bond motifs is 10. The van der Waals surface area contributed by atoms with Crippen molar-refractivity contribution >= 4 is 45.6 Å². The molecule has 1 aromatic heterocycles. The maximum absolute atomic E-state index is 5.48. The van der Waals surface area contributed by atoms with Crippen molar-refractivity contribution in [3.8, 4) is 16.8 Å². The number of allylic oxidation sites excluding steroid dienone is 1. The molecule has 8 aromatic rings. The topological polar surface area (TPSA) is 29.6 Å². The second-order valence-corrected chi connectivity index (χ2v) is 13.0. The standard InChI is InChI=1S/C47H31N3/c1-48-46(32-18-6-3-7-19-32)49-45-38-29-28-33(50-42-26-14-10-22-36(42)37-23-11-15-27-43(37)50)30-41(38)47(44(45)31-16-4-2-5-17-31)39-24-12-8-20-34(39)35-21-9-13-25-40(35)47/h2-30H,1H2. The molecule has 0 unspecified atom stereocenters. The smallest absolute Gasteiger partial charge is 0.159 e. The molecule has 0 N–H and O–H groups in total. The number of aromatic nitrogens is 1. The van der Waals surface area contributed by atoms with Crippen LogP contribution in [0.25, 0.3) is 49.9 Å². The van der Waals surface area contributed by atoms with E-state index in [2.05, 4.69) is 162 Å². The van der Waals surface area contributed by atoms with E-state index in [1.165, 1.54) is 49.6 Å². The Morgan fingerprint density at radius 1 is 0.500 bits per heavy atom. The van der Waals surface area contributed by atoms with Gasteiger partial charge in [-0.15, -0.1) is 0 Å². The molecule has 0 radical (unpaired) electrons. The van der Waals surface area contributed by atoms with Crippen LogP contribution in [0.4, 0.5) is 0 Å². The molecule has 1 spiro atoms. The summed E-state index contributed by atoms with van der Waals surface area (Å²) in [5, 5.41) is 2.49. The van der Waals surface area contributed by atoms with Gasteiger partial charge < -0.3 is 4.57 Å². The highest BCUT2D eigenvalue weighted by atomic mass is 15.0. The molecule has 0 amide bonds. The summed E-state index contributed by atoms with van der Waals surface area (Å²) >= 11 is 0. The van der Waals surface area contributed by atoms with E-state index in [1.54, 1.807) is 0 Å². The highest BCUT2D eigenvalue weighted by Gasteiger charge is 2.53. The van der Waals surface area contributed by atoms with E-state index in [0.29, 0.717) is 5.84 Å². The quantitative estimate of drug-likeness (QED) is 0.136. The number of amidine groups is 1. The number of hydrogen-bond donors (Lipinski definition) is 0. The zero-order valence-corrected chi connectivity index (χ0v) is 27.3. The van der Waals surface area contributed by atoms with Gasteiger partial charge in [-0.2, -0.15) is 0 Å². The van der Waals surface area contributed by atoms with Gasteiger partial charge in [-0.1, -0.05) is 152 Å². The molecule has 50 heavy (non-hydrogen) atoms. The predicted octanol–water partition coefficient (Wildman–Crippen LogP) is 11.1. The number of hydrogen-bond acceptors (Lipinski definition) is 1. The van der Waals surface area contributed by atoms with Gasteiger partial charge in [-0.25, -0.2) is 9.98 Å². The van der Waals surface area contributed by atoms with Crippen LogP contribution in [0.2, 0.25) is 0 Å². The average Bonchev–Trinajstić information content (AvgIpc) is 3.79. The van der Waals surface area contributed by atoms with Gasteiger partial charge in [0.05, 0.1) is 22.1 Å². The van der Waals surface area contributed by atoms with E-state index >= 15 is 0 Å². The van der Waals surface area contributed by atoms with E-state index in [9.17, 15) is 0 Å². The molecule has 7 aromatic carbocycles. The van der Waals surface area contributed by atoms with Gasteiger partial charge in [0, 0.05) is 33.2 Å². The van der Waals surface area contributed by atoms with Crippen molar-refractivity contribution in [2.45, 2.75) is 5.41 Å². The minimum absolute atomic E-state index is 0.600. The lowest BCUT2D eigenvalue weighted by molar-refractivity contribution is 0.840. The molecule has 3 heteroatoms. The summed E-state index contributed by atoms with van der Waals surface area (Å²) in [5.74, 6) is 0.600. The normalized spacial score (nSPS) is 14.3. The Hall–Kier alpha value is -6.58. The van der Waals surface area contributed by atoms with Crippen molar-refractivity contribution in [3.05, 3.63) is 209 Å². The summed E-state index contributed by atoms with van der Waals surface area (Å²) < 4.78 is 2.41. The zero-order chi connectivity index (χ0) is 33.2. The molecule has 2 aliphatic carbocycles. The Labute approximate surface area is 290 Å². The van der Waals surface area contributed by atoms with Crippen molar-refractivity contribution in [1.82, 2.24) is 4.57 Å². The van der Waals surface area contributed by atoms with Gasteiger partial charge in [0.25, 0.3) is 0 Å². The fraction of sp³-hybridized carbons (Fsp3) is 0.0213. The van der Waals surface area contributed by atoms with Crippen LogP contribution in [0.15, 0.2) is 186 Å². The molecule has 3 nitrogen and oxygen atoms in total. The van der Waals surface area contributed by atoms with Crippen LogP contribution in [-0.2, 0) is 5.41 Å². The predicted molar refractivity (Wildman–Crippen MR) is 208 cm³/mol. The Morgan fingerprint density at radius 2 is 1.04 bits per heavy atom. The van der Waals surface area contributed by atoms with E-state index in [4.69, 9.17) is 4.99 Å². The van der Waals surface area contributed by atoms with Crippen molar-refractivity contribution in [2.24, 2.45) is 9.98 Å². The summed E-state index contributed by atoms with van der Waals surface area (Å²) in [6, 6.07) is 63.1. The van der Waals surface area contributed by atoms with E-state index in [-0.39, 0.29) is 0 Å². The number of rotatable bonds is 4. The first kappa shape index (κ1) is 28.4. The largest absolute Gasteiger partial charge is 0.309 e. The molecule has 234 valence electrons. The summed E-state index contributed by atoms with van der Waals surface area (Å²) in [4.78, 5) is 10.00. The van der Waals surface area contributed by atoms with Crippen LogP contribution < -0.4 is 0 Å². The third-order valence-electron chi connectivity index (χ3n) is 10.5. The molecule has 0 fully saturated rings. The number of nitrogens with zero attached hydrogens (tertiary/aromatic N) is 3. The van der Waals surface area contributed by atoms with Gasteiger partial charge >= 0.3 is 0 Å². The third-order valence-corrected chi connectivity index (χ3v) is 10.5. The molecule has 0 aliphatic heterocycles. The molecule has 0 atom stereocenters. The second-order valence-electron chi connectivity index (χ2n) is 13.0. The van der Waals surface area contributed by atoms with Crippen LogP contribution in [0.3, 0.4) is 0 Å². The molecular formula is C47H31N3. The van der Waals surface area contributed by atoms with Crippen LogP contribution in [-0.4, -0.2) is 17.1 Å². The minimum atomic E-state index is -0.625. The summed E-state index contributed by atoms with van der Waals surface area (Å²) in [7, 11) is 0. The first-order chi connectivity index (χ1) is 24.8. The Kier molecular flexibility index (Phi) is 6.24. The summed E-state index contributed by atoms with van der Waals surface area (Å²) in [6.45, 7) is 3.99. The highest BCUT2D eigenvalue weighted by molar-refractivity contribution is 6.14. The molecule has 2 aliphatic rings. The number of aliphatic imine (C=N–C) groups is 2. The lowest BCUT2D eigenvalue weighted by Crippen LogP contribution is -2.27. The van der Waals surface area contributed by atoms with Crippen LogP contribution in [0, 0.1) is 0 Å². The summed E-state index contributed by atoms with van der Waals surface area (Å²) in [5.41, 5.74) is 14.3. The van der Waals surface area contributed by atoms with Gasteiger partial charge in [0.15, 0.2) is 5.84 Å². The average molecular weight is 638 g/mol. The van der Waals surface area contributed by atoms with Gasteiger partial charge in [0.1, 0.15) is 0 Å². The monoisotopic (exact) mass is 637 g/mol. The van der Waals surface area contributed by atoms with Crippen LogP contribution in [0.5, 0.6) is 0 Å². The maximum Gasteiger partial charge on any atom is 0.159 e. The first-order valence-electron chi connectivity index (χ1n) is 17.0. The Balaban J connectivity index is 1.37. The fourth-order valence-corrected chi connectivity index (χ4v) is 8.59. The van der Waals surface area contributed by atoms with Crippen molar-refractivity contribution in [1.29, 1.82) is 0 Å². The van der Waals surface area contributed by atoms with Crippen LogP contribution in [0.1, 0.15) is 33.4 Å². The number of para-hydroxylation sites is 2. The Morgan fingerprint density at radius 3 is 1.66 bits per heavy atom. The fourth-order valence-electron chi connectivity index (χ4n) is 8.59. The van der Waals surface area contributed by atoms with Gasteiger partial charge in [0.2, 0.25) is 0 Å². The van der Waals surface area contributed by atoms with Gasteiger partial charge in [-0.3, -0.25) is 0 Å². The van der Waals surface area contributed by atoms with Crippen molar-refractivity contribution in [3.63, 3.8) is 0 Å². The molecule has 10 rings (SSSR count). The van der Waals surface area contributed by atoms with Crippen LogP contribution >= 0.6 is 0 Å². The SMILES string of the molecule is C=NC(=NC1=C(c2ccccc2)C2(c3cc(-n4c5ccccc5c5ccccc54)ccc31)c1ccccc1-c1ccccc12)c1ccccc1. The van der Waals surface area contributed by atoms with E-state index < -0.39 is 5.41 Å². The Bertz CT molecular complexity index is 2610. The zero-order valence-electron chi connectivity index (χ0n) is 27.3. The maximum atomic E-state index is 5.48. The van der Waals surface area contributed by atoms with Crippen molar-refractivity contribution < 1.29 is 0 Å². The molecule has 0 saturated carbocycles. The van der Waals surface area contributed by atoms with E-state index in [0.717, 1.165) is 33.6 Å². The lowest BCUT2D eigenvalue weighted by atomic mass is 9.68. The molecular weight excluding hydrogens is 607 g/mol. The first-order valence-corrected chi connectivity index (χ1v) is 17.0. The number of benzene rings is 7. The second kappa shape index (κ2) is 11.0. The van der Waals surface area contributed by atoms with E-state index in [1.807, 2.05) is 30.3 Å². The molecule has 0 saturated heterocycles. The highest BCUT2D eigenvalue weighted by Crippen LogP contribution is 2.65. The third kappa shape index (κ3) is 3.86. The van der Waals surface area contributed by atoms with Crippen molar-refractivity contribution in [2.75, 3.05) is 0 Å². The molecule has 1 heterocycles.